The van der Waals surface area contributed by atoms with Crippen molar-refractivity contribution < 1.29 is 9.90 Å². The Balaban J connectivity index is 2.33. The first-order chi connectivity index (χ1) is 8.08. The van der Waals surface area contributed by atoms with Crippen LogP contribution in [0.2, 0.25) is 0 Å². The Labute approximate surface area is 101 Å². The van der Waals surface area contributed by atoms with Crippen molar-refractivity contribution in [3.63, 3.8) is 0 Å². The molecule has 0 radical (unpaired) electrons. The van der Waals surface area contributed by atoms with Crippen LogP contribution >= 0.6 is 0 Å². The summed E-state index contributed by atoms with van der Waals surface area (Å²) in [6, 6.07) is 5.70. The number of carboxylic acid groups (broad SMARTS) is 1. The predicted molar refractivity (Wildman–Crippen MR) is 67.6 cm³/mol. The van der Waals surface area contributed by atoms with E-state index in [2.05, 4.69) is 4.90 Å². The summed E-state index contributed by atoms with van der Waals surface area (Å²) in [4.78, 5) is 13.3. The van der Waals surface area contributed by atoms with E-state index < -0.39 is 5.97 Å². The van der Waals surface area contributed by atoms with E-state index in [9.17, 15) is 9.90 Å². The van der Waals surface area contributed by atoms with Crippen LogP contribution in [0, 0.1) is 6.92 Å². The maximum absolute atomic E-state index is 11.2. The molecule has 1 heterocycles. The molecule has 1 unspecified atom stereocenters. The molecular formula is C13H18N2O2. The zero-order valence-corrected chi connectivity index (χ0v) is 10.0. The summed E-state index contributed by atoms with van der Waals surface area (Å²) < 4.78 is 0. The minimum Gasteiger partial charge on any atom is -0.478 e. The molecule has 1 aliphatic heterocycles. The Bertz CT molecular complexity index is 431. The Morgan fingerprint density at radius 2 is 2.29 bits per heavy atom. The van der Waals surface area contributed by atoms with Gasteiger partial charge in [0.1, 0.15) is 0 Å². The van der Waals surface area contributed by atoms with E-state index in [4.69, 9.17) is 5.73 Å². The summed E-state index contributed by atoms with van der Waals surface area (Å²) in [6.07, 6.45) is 2.04. The first-order valence-electron chi connectivity index (χ1n) is 5.92. The molecule has 3 N–H and O–H groups in total. The number of nitrogens with two attached hydrogens (primary N) is 1. The highest BCUT2D eigenvalue weighted by atomic mass is 16.4. The van der Waals surface area contributed by atoms with Gasteiger partial charge in [0.25, 0.3) is 0 Å². The monoisotopic (exact) mass is 234 g/mol. The van der Waals surface area contributed by atoms with Gasteiger partial charge >= 0.3 is 5.97 Å². The second kappa shape index (κ2) is 4.75. The van der Waals surface area contributed by atoms with Crippen molar-refractivity contribution in [1.29, 1.82) is 0 Å². The average Bonchev–Trinajstić information content (AvgIpc) is 2.28. The number of carboxylic acids is 1. The van der Waals surface area contributed by atoms with Crippen molar-refractivity contribution in [3.8, 4) is 0 Å². The maximum atomic E-state index is 11.2. The molecule has 2 rings (SSSR count). The fourth-order valence-electron chi connectivity index (χ4n) is 2.33. The van der Waals surface area contributed by atoms with E-state index in [1.54, 1.807) is 6.07 Å². The van der Waals surface area contributed by atoms with Gasteiger partial charge in [-0.2, -0.15) is 0 Å². The van der Waals surface area contributed by atoms with E-state index >= 15 is 0 Å². The number of carbonyl (C=O) groups is 1. The van der Waals surface area contributed by atoms with E-state index in [0.29, 0.717) is 5.56 Å². The normalized spacial score (nSPS) is 20.4. The number of aromatic carboxylic acids is 1. The smallest absolute Gasteiger partial charge is 0.337 e. The number of nitrogens with zero attached hydrogens (tertiary/aromatic N) is 1. The Kier molecular flexibility index (Phi) is 3.33. The minimum absolute atomic E-state index is 0.145. The standard InChI is InChI=1S/C13H18N2O2/c1-9-4-5-12(11(7-9)13(16)17)15-6-2-3-10(14)8-15/h4-5,7,10H,2-3,6,8,14H2,1H3,(H,16,17). The van der Waals surface area contributed by atoms with Crippen LogP contribution in [0.4, 0.5) is 5.69 Å². The van der Waals surface area contributed by atoms with Gasteiger partial charge in [-0.3, -0.25) is 0 Å². The van der Waals surface area contributed by atoms with E-state index in [1.165, 1.54) is 0 Å². The van der Waals surface area contributed by atoms with E-state index in [1.807, 2.05) is 19.1 Å². The molecule has 4 nitrogen and oxygen atoms in total. The quantitative estimate of drug-likeness (QED) is 0.816. The lowest BCUT2D eigenvalue weighted by Crippen LogP contribution is -2.43. The van der Waals surface area contributed by atoms with Crippen molar-refractivity contribution >= 4 is 11.7 Å². The van der Waals surface area contributed by atoms with Crippen LogP contribution < -0.4 is 10.6 Å². The fraction of sp³-hybridized carbons (Fsp3) is 0.462. The first kappa shape index (κ1) is 11.9. The first-order valence-corrected chi connectivity index (χ1v) is 5.92. The highest BCUT2D eigenvalue weighted by Gasteiger charge is 2.21. The third-order valence-electron chi connectivity index (χ3n) is 3.18. The number of hydrogen-bond donors (Lipinski definition) is 2. The lowest BCUT2D eigenvalue weighted by molar-refractivity contribution is 0.0697. The Hall–Kier alpha value is -1.55. The molecule has 92 valence electrons. The Morgan fingerprint density at radius 3 is 2.94 bits per heavy atom. The second-order valence-electron chi connectivity index (χ2n) is 4.67. The highest BCUT2D eigenvalue weighted by molar-refractivity contribution is 5.94. The summed E-state index contributed by atoms with van der Waals surface area (Å²) in [7, 11) is 0. The zero-order chi connectivity index (χ0) is 12.4. The molecule has 0 spiro atoms. The van der Waals surface area contributed by atoms with Crippen LogP contribution in [0.5, 0.6) is 0 Å². The van der Waals surface area contributed by atoms with Gasteiger partial charge < -0.3 is 15.7 Å². The number of aryl methyl sites for hydroxylation is 1. The molecule has 1 aromatic rings. The molecule has 1 aromatic carbocycles. The van der Waals surface area contributed by atoms with Gasteiger partial charge in [0.05, 0.1) is 11.3 Å². The third-order valence-corrected chi connectivity index (χ3v) is 3.18. The maximum Gasteiger partial charge on any atom is 0.337 e. The molecule has 17 heavy (non-hydrogen) atoms. The lowest BCUT2D eigenvalue weighted by atomic mass is 10.0. The second-order valence-corrected chi connectivity index (χ2v) is 4.67. The molecule has 1 aliphatic rings. The van der Waals surface area contributed by atoms with E-state index in [-0.39, 0.29) is 6.04 Å². The highest BCUT2D eigenvalue weighted by Crippen LogP contribution is 2.25. The summed E-state index contributed by atoms with van der Waals surface area (Å²) in [6.45, 7) is 3.53. The van der Waals surface area contributed by atoms with Gasteiger partial charge in [-0.05, 0) is 31.9 Å². The lowest BCUT2D eigenvalue weighted by Gasteiger charge is -2.33. The predicted octanol–water partition coefficient (Wildman–Crippen LogP) is 1.62. The molecule has 0 aromatic heterocycles. The zero-order valence-electron chi connectivity index (χ0n) is 10.0. The minimum atomic E-state index is -0.872. The number of anilines is 1. The van der Waals surface area contributed by atoms with Crippen LogP contribution in [-0.4, -0.2) is 30.2 Å². The summed E-state index contributed by atoms with van der Waals surface area (Å²) in [5, 5.41) is 9.23. The third kappa shape index (κ3) is 2.58. The van der Waals surface area contributed by atoms with Gasteiger partial charge in [-0.15, -0.1) is 0 Å². The molecule has 1 saturated heterocycles. The Morgan fingerprint density at radius 1 is 1.53 bits per heavy atom. The topological polar surface area (TPSA) is 66.6 Å². The molecular weight excluding hydrogens is 216 g/mol. The van der Waals surface area contributed by atoms with E-state index in [0.717, 1.165) is 37.2 Å². The van der Waals surface area contributed by atoms with Gasteiger partial charge in [0.15, 0.2) is 0 Å². The number of hydrogen-bond acceptors (Lipinski definition) is 3. The van der Waals surface area contributed by atoms with Crippen molar-refractivity contribution in [3.05, 3.63) is 29.3 Å². The molecule has 0 bridgehead atoms. The van der Waals surface area contributed by atoms with Crippen LogP contribution in [0.15, 0.2) is 18.2 Å². The summed E-state index contributed by atoms with van der Waals surface area (Å²) in [5.74, 6) is -0.872. The van der Waals surface area contributed by atoms with Gasteiger partial charge in [0.2, 0.25) is 0 Å². The largest absolute Gasteiger partial charge is 0.478 e. The molecule has 0 aliphatic carbocycles. The van der Waals surface area contributed by atoms with Crippen molar-refractivity contribution in [1.82, 2.24) is 0 Å². The number of benzene rings is 1. The van der Waals surface area contributed by atoms with Gasteiger partial charge in [0, 0.05) is 19.1 Å². The van der Waals surface area contributed by atoms with Crippen LogP contribution in [0.1, 0.15) is 28.8 Å². The molecule has 4 heteroatoms. The van der Waals surface area contributed by atoms with Crippen molar-refractivity contribution in [2.75, 3.05) is 18.0 Å². The SMILES string of the molecule is Cc1ccc(N2CCCC(N)C2)c(C(=O)O)c1. The summed E-state index contributed by atoms with van der Waals surface area (Å²) >= 11 is 0. The molecule has 0 saturated carbocycles. The van der Waals surface area contributed by atoms with Gasteiger partial charge in [-0.1, -0.05) is 11.6 Å². The average molecular weight is 234 g/mol. The molecule has 0 amide bonds. The van der Waals surface area contributed by atoms with Crippen molar-refractivity contribution in [2.24, 2.45) is 5.73 Å². The van der Waals surface area contributed by atoms with Gasteiger partial charge in [-0.25, -0.2) is 4.79 Å². The number of rotatable bonds is 2. The molecule has 1 atom stereocenters. The fourth-order valence-corrected chi connectivity index (χ4v) is 2.33. The molecule has 1 fully saturated rings. The number of piperidine rings is 1. The van der Waals surface area contributed by atoms with Crippen LogP contribution in [0.3, 0.4) is 0 Å². The van der Waals surface area contributed by atoms with Crippen molar-refractivity contribution in [2.45, 2.75) is 25.8 Å². The van der Waals surface area contributed by atoms with Crippen LogP contribution in [0.25, 0.3) is 0 Å². The summed E-state index contributed by atoms with van der Waals surface area (Å²) in [5.41, 5.74) is 8.06. The van der Waals surface area contributed by atoms with Crippen LogP contribution in [-0.2, 0) is 0 Å².